The zero-order valence-corrected chi connectivity index (χ0v) is 16.7. The molecule has 0 aliphatic rings. The summed E-state index contributed by atoms with van der Waals surface area (Å²) in [5.74, 6) is 1.33. The second-order valence-corrected chi connectivity index (χ2v) is 6.45. The van der Waals surface area contributed by atoms with Gasteiger partial charge in [0.05, 0.1) is 25.0 Å². The molecule has 0 spiro atoms. The second-order valence-electron chi connectivity index (χ2n) is 6.45. The molecule has 0 unspecified atom stereocenters. The predicted molar refractivity (Wildman–Crippen MR) is 113 cm³/mol. The molecular formula is C22H26FN5O. The largest absolute Gasteiger partial charge is 0.497 e. The lowest BCUT2D eigenvalue weighted by molar-refractivity contribution is 0.414. The number of nitrogens with one attached hydrogen (secondary N) is 2. The van der Waals surface area contributed by atoms with E-state index in [1.807, 2.05) is 43.5 Å². The van der Waals surface area contributed by atoms with Crippen LogP contribution in [0.25, 0.3) is 5.69 Å². The molecule has 2 N–H and O–H groups in total. The minimum absolute atomic E-state index is 0.255. The summed E-state index contributed by atoms with van der Waals surface area (Å²) in [5, 5.41) is 11.1. The van der Waals surface area contributed by atoms with Gasteiger partial charge < -0.3 is 15.4 Å². The first kappa shape index (κ1) is 20.4. The lowest BCUT2D eigenvalue weighted by Crippen LogP contribution is -2.38. The van der Waals surface area contributed by atoms with Crippen LogP contribution >= 0.6 is 0 Å². The fraction of sp³-hybridized carbons (Fsp3) is 0.273. The van der Waals surface area contributed by atoms with Crippen LogP contribution in [0.3, 0.4) is 0 Å². The molecule has 3 aromatic rings. The molecule has 29 heavy (non-hydrogen) atoms. The molecule has 0 bridgehead atoms. The van der Waals surface area contributed by atoms with Gasteiger partial charge in [0, 0.05) is 25.7 Å². The van der Waals surface area contributed by atoms with Gasteiger partial charge in [0.25, 0.3) is 0 Å². The number of benzene rings is 2. The molecule has 7 heteroatoms. The molecule has 0 saturated heterocycles. The first-order valence-electron chi connectivity index (χ1n) is 9.63. The zero-order chi connectivity index (χ0) is 20.5. The Balaban J connectivity index is 1.54. The molecular weight excluding hydrogens is 369 g/mol. The lowest BCUT2D eigenvalue weighted by Gasteiger charge is -2.11. The van der Waals surface area contributed by atoms with Crippen LogP contribution in [0.1, 0.15) is 18.2 Å². The Morgan fingerprint density at radius 1 is 1.14 bits per heavy atom. The average molecular weight is 395 g/mol. The fourth-order valence-corrected chi connectivity index (χ4v) is 2.82. The molecule has 0 aliphatic carbocycles. The topological polar surface area (TPSA) is 63.5 Å². The Kier molecular flexibility index (Phi) is 7.22. The number of aromatic nitrogens is 2. The van der Waals surface area contributed by atoms with Crippen molar-refractivity contribution in [1.82, 2.24) is 20.4 Å². The molecule has 0 saturated carbocycles. The van der Waals surface area contributed by atoms with Crippen molar-refractivity contribution in [2.45, 2.75) is 19.9 Å². The van der Waals surface area contributed by atoms with Gasteiger partial charge in [-0.05, 0) is 55.0 Å². The molecule has 1 aromatic heterocycles. The van der Waals surface area contributed by atoms with Gasteiger partial charge in [0.1, 0.15) is 11.6 Å². The van der Waals surface area contributed by atoms with E-state index in [-0.39, 0.29) is 5.82 Å². The maximum absolute atomic E-state index is 13.1. The van der Waals surface area contributed by atoms with Crippen LogP contribution < -0.4 is 15.4 Å². The molecule has 0 atom stereocenters. The van der Waals surface area contributed by atoms with Crippen LogP contribution in [0, 0.1) is 5.82 Å². The van der Waals surface area contributed by atoms with Crippen molar-refractivity contribution in [2.24, 2.45) is 4.99 Å². The van der Waals surface area contributed by atoms with Gasteiger partial charge in [-0.1, -0.05) is 12.1 Å². The van der Waals surface area contributed by atoms with Gasteiger partial charge in [-0.25, -0.2) is 14.1 Å². The van der Waals surface area contributed by atoms with Crippen molar-refractivity contribution in [3.8, 4) is 11.4 Å². The average Bonchev–Trinajstić information content (AvgIpc) is 3.21. The van der Waals surface area contributed by atoms with E-state index in [2.05, 4.69) is 20.7 Å². The highest BCUT2D eigenvalue weighted by Crippen LogP contribution is 2.13. The SMILES string of the molecule is CCNC(=NCc1cccc(OC)c1)NCCc1ccn(-c2ccc(F)cc2)n1. The summed E-state index contributed by atoms with van der Waals surface area (Å²) in [6.45, 7) is 4.08. The number of ether oxygens (including phenoxy) is 1. The zero-order valence-electron chi connectivity index (χ0n) is 16.7. The smallest absolute Gasteiger partial charge is 0.191 e. The van der Waals surface area contributed by atoms with Crippen molar-refractivity contribution in [3.63, 3.8) is 0 Å². The Morgan fingerprint density at radius 3 is 2.72 bits per heavy atom. The van der Waals surface area contributed by atoms with Gasteiger partial charge in [0.15, 0.2) is 5.96 Å². The van der Waals surface area contributed by atoms with Crippen molar-refractivity contribution >= 4 is 5.96 Å². The van der Waals surface area contributed by atoms with Crippen molar-refractivity contribution in [3.05, 3.63) is 77.9 Å². The summed E-state index contributed by atoms with van der Waals surface area (Å²) in [4.78, 5) is 4.63. The van der Waals surface area contributed by atoms with Crippen LogP contribution in [-0.4, -0.2) is 35.9 Å². The van der Waals surface area contributed by atoms with Gasteiger partial charge in [0.2, 0.25) is 0 Å². The number of hydrogen-bond donors (Lipinski definition) is 2. The fourth-order valence-electron chi connectivity index (χ4n) is 2.82. The lowest BCUT2D eigenvalue weighted by atomic mass is 10.2. The van der Waals surface area contributed by atoms with E-state index in [0.29, 0.717) is 13.1 Å². The highest BCUT2D eigenvalue weighted by atomic mass is 19.1. The number of hydrogen-bond acceptors (Lipinski definition) is 3. The standard InChI is InChI=1S/C22H26FN5O/c1-3-24-22(26-16-17-5-4-6-21(15-17)29-2)25-13-11-19-12-14-28(27-19)20-9-7-18(23)8-10-20/h4-10,12,14-15H,3,11,13,16H2,1-2H3,(H2,24,25,26). The van der Waals surface area contributed by atoms with Crippen LogP contribution in [0.2, 0.25) is 0 Å². The highest BCUT2D eigenvalue weighted by molar-refractivity contribution is 5.79. The molecule has 0 amide bonds. The van der Waals surface area contributed by atoms with E-state index in [9.17, 15) is 4.39 Å². The number of halogens is 1. The maximum Gasteiger partial charge on any atom is 0.191 e. The third-order valence-corrected chi connectivity index (χ3v) is 4.31. The number of guanidine groups is 1. The third kappa shape index (κ3) is 6.07. The van der Waals surface area contributed by atoms with Gasteiger partial charge in [-0.3, -0.25) is 0 Å². The highest BCUT2D eigenvalue weighted by Gasteiger charge is 2.03. The Labute approximate surface area is 170 Å². The molecule has 152 valence electrons. The monoisotopic (exact) mass is 395 g/mol. The molecule has 1 heterocycles. The summed E-state index contributed by atoms with van der Waals surface area (Å²) in [6, 6.07) is 16.1. The number of aliphatic imine (C=N–C) groups is 1. The predicted octanol–water partition coefficient (Wildman–Crippen LogP) is 3.32. The third-order valence-electron chi connectivity index (χ3n) is 4.31. The van der Waals surface area contributed by atoms with Crippen LogP contribution in [0.15, 0.2) is 65.8 Å². The minimum atomic E-state index is -0.255. The molecule has 0 aliphatic heterocycles. The maximum atomic E-state index is 13.1. The van der Waals surface area contributed by atoms with E-state index in [1.165, 1.54) is 12.1 Å². The minimum Gasteiger partial charge on any atom is -0.497 e. The summed E-state index contributed by atoms with van der Waals surface area (Å²) in [7, 11) is 1.66. The molecule has 2 aromatic carbocycles. The Bertz CT molecular complexity index is 936. The van der Waals surface area contributed by atoms with E-state index < -0.39 is 0 Å². The van der Waals surface area contributed by atoms with E-state index in [0.717, 1.165) is 41.6 Å². The summed E-state index contributed by atoms with van der Waals surface area (Å²) in [6.07, 6.45) is 2.63. The Morgan fingerprint density at radius 2 is 1.97 bits per heavy atom. The van der Waals surface area contributed by atoms with Crippen molar-refractivity contribution < 1.29 is 9.13 Å². The first-order chi connectivity index (χ1) is 14.2. The summed E-state index contributed by atoms with van der Waals surface area (Å²) < 4.78 is 20.1. The van der Waals surface area contributed by atoms with Gasteiger partial charge >= 0.3 is 0 Å². The van der Waals surface area contributed by atoms with E-state index in [4.69, 9.17) is 4.74 Å². The first-order valence-corrected chi connectivity index (χ1v) is 9.63. The molecule has 0 fully saturated rings. The summed E-state index contributed by atoms with van der Waals surface area (Å²) >= 11 is 0. The summed E-state index contributed by atoms with van der Waals surface area (Å²) in [5.41, 5.74) is 2.86. The van der Waals surface area contributed by atoms with Crippen LogP contribution in [0.4, 0.5) is 4.39 Å². The molecule has 0 radical (unpaired) electrons. The van der Waals surface area contributed by atoms with E-state index >= 15 is 0 Å². The quantitative estimate of drug-likeness (QED) is 0.454. The van der Waals surface area contributed by atoms with Gasteiger partial charge in [-0.15, -0.1) is 0 Å². The van der Waals surface area contributed by atoms with Gasteiger partial charge in [-0.2, -0.15) is 5.10 Å². The molecule has 6 nitrogen and oxygen atoms in total. The molecule has 3 rings (SSSR count). The number of rotatable bonds is 8. The Hall–Kier alpha value is -3.35. The normalized spacial score (nSPS) is 11.3. The van der Waals surface area contributed by atoms with Crippen molar-refractivity contribution in [2.75, 3.05) is 20.2 Å². The van der Waals surface area contributed by atoms with E-state index in [1.54, 1.807) is 23.9 Å². The van der Waals surface area contributed by atoms with Crippen molar-refractivity contribution in [1.29, 1.82) is 0 Å². The number of methoxy groups -OCH3 is 1. The van der Waals surface area contributed by atoms with Crippen LogP contribution in [-0.2, 0) is 13.0 Å². The van der Waals surface area contributed by atoms with Crippen LogP contribution in [0.5, 0.6) is 5.75 Å². The second kappa shape index (κ2) is 10.3. The number of nitrogens with zero attached hydrogens (tertiary/aromatic N) is 3.